The number of aromatic nitrogens is 3. The molecule has 1 atom stereocenters. The van der Waals surface area contributed by atoms with Crippen molar-refractivity contribution in [1.29, 1.82) is 0 Å². The lowest BCUT2D eigenvalue weighted by atomic mass is 10.1. The number of H-pyrrole nitrogens is 1. The Morgan fingerprint density at radius 2 is 2.00 bits per heavy atom. The van der Waals surface area contributed by atoms with Crippen LogP contribution in [0.4, 0.5) is 13.2 Å². The van der Waals surface area contributed by atoms with E-state index in [9.17, 15) is 22.8 Å². The Morgan fingerprint density at radius 3 is 2.52 bits per heavy atom. The third-order valence-corrected chi connectivity index (χ3v) is 4.44. The van der Waals surface area contributed by atoms with Crippen molar-refractivity contribution in [2.45, 2.75) is 25.3 Å². The number of aromatic amines is 1. The first-order valence-electron chi connectivity index (χ1n) is 9.38. The number of hydrogen-bond acceptors (Lipinski definition) is 5. The van der Waals surface area contributed by atoms with Gasteiger partial charge in [-0.2, -0.15) is 28.6 Å². The molecule has 2 heterocycles. The van der Waals surface area contributed by atoms with Crippen LogP contribution in [0.3, 0.4) is 0 Å². The second-order valence-corrected chi connectivity index (χ2v) is 6.96. The van der Waals surface area contributed by atoms with E-state index in [1.54, 1.807) is 19.0 Å². The van der Waals surface area contributed by atoms with Crippen LogP contribution in [0.5, 0.6) is 0 Å². The summed E-state index contributed by atoms with van der Waals surface area (Å²) in [6, 6.07) is 4.90. The first-order valence-corrected chi connectivity index (χ1v) is 9.38. The second kappa shape index (κ2) is 10.7. The molecule has 1 fully saturated rings. The Balaban J connectivity index is 0.000000285. The fourth-order valence-corrected chi connectivity index (χ4v) is 2.73. The van der Waals surface area contributed by atoms with Gasteiger partial charge in [0.1, 0.15) is 0 Å². The van der Waals surface area contributed by atoms with Gasteiger partial charge in [0.05, 0.1) is 24.5 Å². The van der Waals surface area contributed by atoms with Crippen LogP contribution in [0.15, 0.2) is 43.1 Å². The highest BCUT2D eigenvalue weighted by Crippen LogP contribution is 2.29. The van der Waals surface area contributed by atoms with E-state index in [0.717, 1.165) is 18.6 Å². The van der Waals surface area contributed by atoms with Crippen molar-refractivity contribution in [3.8, 4) is 0 Å². The van der Waals surface area contributed by atoms with Crippen molar-refractivity contribution in [3.63, 3.8) is 0 Å². The normalized spacial score (nSPS) is 15.8. The summed E-state index contributed by atoms with van der Waals surface area (Å²) in [7, 11) is 3.33. The largest absolute Gasteiger partial charge is 0.416 e. The highest BCUT2D eigenvalue weighted by Gasteiger charge is 2.30. The smallest absolute Gasteiger partial charge is 0.372 e. The number of nitrogens with zero attached hydrogens (tertiary/aromatic N) is 4. The van der Waals surface area contributed by atoms with E-state index in [4.69, 9.17) is 4.74 Å². The number of amides is 2. The van der Waals surface area contributed by atoms with Gasteiger partial charge in [0.2, 0.25) is 5.91 Å². The number of carbonyl (C=O) groups excluding carboxylic acids is 2. The van der Waals surface area contributed by atoms with E-state index in [0.29, 0.717) is 24.3 Å². The van der Waals surface area contributed by atoms with Crippen molar-refractivity contribution >= 4 is 11.8 Å². The van der Waals surface area contributed by atoms with Crippen LogP contribution in [0.2, 0.25) is 0 Å². The van der Waals surface area contributed by atoms with Gasteiger partial charge >= 0.3 is 6.18 Å². The average Bonchev–Trinajstić information content (AvgIpc) is 3.43. The third kappa shape index (κ3) is 7.21. The summed E-state index contributed by atoms with van der Waals surface area (Å²) in [6.45, 7) is 4.77. The minimum absolute atomic E-state index is 0.0869. The summed E-state index contributed by atoms with van der Waals surface area (Å²) in [6.07, 6.45) is -1.03. The van der Waals surface area contributed by atoms with Gasteiger partial charge in [-0.05, 0) is 30.2 Å². The third-order valence-electron chi connectivity index (χ3n) is 4.44. The number of alkyl halides is 3. The van der Waals surface area contributed by atoms with Crippen molar-refractivity contribution in [1.82, 2.24) is 25.2 Å². The molecule has 168 valence electrons. The SMILES string of the molecule is C=CC(=O)N1CCC(OCc2ccc(C(F)(F)F)cc2)C1.CN(C)C(=O)c1cn[nH]n1. The number of carbonyl (C=O) groups is 2. The quantitative estimate of drug-likeness (QED) is 0.723. The molecule has 2 amide bonds. The maximum Gasteiger partial charge on any atom is 0.416 e. The summed E-state index contributed by atoms with van der Waals surface area (Å²) in [5.41, 5.74) is 0.344. The van der Waals surface area contributed by atoms with Crippen LogP contribution in [0, 0.1) is 0 Å². The first kappa shape index (κ1) is 24.1. The number of hydrogen-bond donors (Lipinski definition) is 1. The molecule has 1 unspecified atom stereocenters. The molecule has 1 aliphatic heterocycles. The van der Waals surface area contributed by atoms with Gasteiger partial charge in [0.15, 0.2) is 5.69 Å². The first-order chi connectivity index (χ1) is 14.6. The second-order valence-electron chi connectivity index (χ2n) is 6.96. The highest BCUT2D eigenvalue weighted by atomic mass is 19.4. The maximum absolute atomic E-state index is 12.4. The molecule has 1 saturated heterocycles. The van der Waals surface area contributed by atoms with E-state index < -0.39 is 11.7 Å². The van der Waals surface area contributed by atoms with E-state index in [1.807, 2.05) is 0 Å². The Morgan fingerprint density at radius 1 is 1.32 bits per heavy atom. The number of rotatable bonds is 5. The molecule has 0 radical (unpaired) electrons. The number of benzene rings is 1. The van der Waals surface area contributed by atoms with Crippen LogP contribution in [-0.4, -0.2) is 70.3 Å². The summed E-state index contributed by atoms with van der Waals surface area (Å²) in [5, 5.41) is 9.47. The Kier molecular flexibility index (Phi) is 8.31. The number of likely N-dealkylation sites (tertiary alicyclic amines) is 1. The Labute approximate surface area is 177 Å². The molecule has 0 saturated carbocycles. The van der Waals surface area contributed by atoms with Crippen molar-refractivity contribution in [3.05, 3.63) is 59.9 Å². The molecule has 0 bridgehead atoms. The van der Waals surface area contributed by atoms with Crippen molar-refractivity contribution in [2.75, 3.05) is 27.2 Å². The van der Waals surface area contributed by atoms with Crippen LogP contribution in [-0.2, 0) is 22.3 Å². The summed E-state index contributed by atoms with van der Waals surface area (Å²) >= 11 is 0. The molecule has 31 heavy (non-hydrogen) atoms. The maximum atomic E-state index is 12.4. The van der Waals surface area contributed by atoms with Crippen LogP contribution in [0.1, 0.15) is 28.0 Å². The predicted octanol–water partition coefficient (Wildman–Crippen LogP) is 2.52. The van der Waals surface area contributed by atoms with Crippen molar-refractivity contribution < 1.29 is 27.5 Å². The summed E-state index contributed by atoms with van der Waals surface area (Å²) in [4.78, 5) is 25.5. The minimum Gasteiger partial charge on any atom is -0.372 e. The van der Waals surface area contributed by atoms with Crippen LogP contribution < -0.4 is 0 Å². The van der Waals surface area contributed by atoms with Crippen molar-refractivity contribution in [2.24, 2.45) is 0 Å². The van der Waals surface area contributed by atoms with Gasteiger partial charge in [-0.25, -0.2) is 0 Å². The molecule has 11 heteroatoms. The molecule has 0 spiro atoms. The zero-order valence-electron chi connectivity index (χ0n) is 17.2. The fourth-order valence-electron chi connectivity index (χ4n) is 2.73. The zero-order valence-corrected chi connectivity index (χ0v) is 17.2. The van der Waals surface area contributed by atoms with Crippen LogP contribution >= 0.6 is 0 Å². The summed E-state index contributed by atoms with van der Waals surface area (Å²) < 4.78 is 42.9. The molecule has 0 aliphatic carbocycles. The van der Waals surface area contributed by atoms with Gasteiger partial charge in [-0.1, -0.05) is 18.7 Å². The lowest BCUT2D eigenvalue weighted by Crippen LogP contribution is -2.28. The molecule has 1 aliphatic rings. The van der Waals surface area contributed by atoms with Crippen LogP contribution in [0.25, 0.3) is 0 Å². The van der Waals surface area contributed by atoms with E-state index in [1.165, 1.54) is 29.3 Å². The van der Waals surface area contributed by atoms with E-state index in [-0.39, 0.29) is 24.5 Å². The molecule has 1 aromatic carbocycles. The minimum atomic E-state index is -4.32. The summed E-state index contributed by atoms with van der Waals surface area (Å²) in [5.74, 6) is -0.274. The molecule has 3 rings (SSSR count). The van der Waals surface area contributed by atoms with Gasteiger partial charge < -0.3 is 14.5 Å². The number of nitrogens with one attached hydrogen (secondary N) is 1. The van der Waals surface area contributed by atoms with E-state index >= 15 is 0 Å². The zero-order chi connectivity index (χ0) is 23.0. The van der Waals surface area contributed by atoms with Gasteiger partial charge in [0.25, 0.3) is 5.91 Å². The molecule has 2 aromatic rings. The van der Waals surface area contributed by atoms with E-state index in [2.05, 4.69) is 22.0 Å². The molecule has 1 N–H and O–H groups in total. The topological polar surface area (TPSA) is 91.4 Å². The number of ether oxygens (including phenoxy) is 1. The van der Waals surface area contributed by atoms with Gasteiger partial charge in [0, 0.05) is 27.2 Å². The Hall–Kier alpha value is -3.21. The average molecular weight is 439 g/mol. The predicted molar refractivity (Wildman–Crippen MR) is 106 cm³/mol. The van der Waals surface area contributed by atoms with Gasteiger partial charge in [-0.15, -0.1) is 0 Å². The fraction of sp³-hybridized carbons (Fsp3) is 0.400. The molecular weight excluding hydrogens is 415 g/mol. The Bertz CT molecular complexity index is 867. The molecule has 8 nitrogen and oxygen atoms in total. The molecule has 1 aromatic heterocycles. The molecular formula is C20H24F3N5O3. The standard InChI is InChI=1S/C15H16F3NO2.C5H8N4O/c1-2-14(20)19-8-7-13(9-19)21-10-11-3-5-12(6-4-11)15(16,17)18;1-9(2)5(10)4-3-6-8-7-4/h2-6,13H,1,7-10H2;3H,1-2H3,(H,6,7,8). The lowest BCUT2D eigenvalue weighted by molar-refractivity contribution is -0.137. The van der Waals surface area contributed by atoms with Gasteiger partial charge in [-0.3, -0.25) is 9.59 Å². The number of halogens is 3. The monoisotopic (exact) mass is 439 g/mol. The lowest BCUT2D eigenvalue weighted by Gasteiger charge is -2.15. The highest BCUT2D eigenvalue weighted by molar-refractivity contribution is 5.91.